The summed E-state index contributed by atoms with van der Waals surface area (Å²) >= 11 is 0. The SMILES string of the molecule is CN1CCCCC(c2ccccc2)C1. The zero-order valence-electron chi connectivity index (χ0n) is 8.95. The van der Waals surface area contributed by atoms with Gasteiger partial charge < -0.3 is 4.90 Å². The molecule has 1 fully saturated rings. The summed E-state index contributed by atoms with van der Waals surface area (Å²) < 4.78 is 0. The van der Waals surface area contributed by atoms with Crippen molar-refractivity contribution in [3.8, 4) is 0 Å². The zero-order valence-corrected chi connectivity index (χ0v) is 8.95. The highest BCUT2D eigenvalue weighted by atomic mass is 15.1. The summed E-state index contributed by atoms with van der Waals surface area (Å²) in [5, 5.41) is 0. The number of hydrogen-bond donors (Lipinski definition) is 0. The molecule has 1 nitrogen and oxygen atoms in total. The van der Waals surface area contributed by atoms with Crippen LogP contribution in [0, 0.1) is 0 Å². The van der Waals surface area contributed by atoms with E-state index in [1.165, 1.54) is 37.9 Å². The van der Waals surface area contributed by atoms with Crippen molar-refractivity contribution in [2.75, 3.05) is 20.1 Å². The molecule has 1 heterocycles. The maximum atomic E-state index is 2.46. The van der Waals surface area contributed by atoms with E-state index in [9.17, 15) is 0 Å². The molecule has 1 aromatic carbocycles. The Balaban J connectivity index is 2.09. The summed E-state index contributed by atoms with van der Waals surface area (Å²) in [6.07, 6.45) is 4.10. The minimum atomic E-state index is 0.753. The van der Waals surface area contributed by atoms with E-state index in [1.807, 2.05) is 0 Å². The van der Waals surface area contributed by atoms with Gasteiger partial charge in [-0.2, -0.15) is 0 Å². The highest BCUT2D eigenvalue weighted by molar-refractivity contribution is 5.20. The Labute approximate surface area is 86.7 Å². The molecule has 0 aromatic heterocycles. The molecule has 76 valence electrons. The van der Waals surface area contributed by atoms with E-state index in [0.717, 1.165) is 5.92 Å². The van der Waals surface area contributed by atoms with E-state index < -0.39 is 0 Å². The van der Waals surface area contributed by atoms with Gasteiger partial charge in [0.25, 0.3) is 0 Å². The van der Waals surface area contributed by atoms with E-state index in [4.69, 9.17) is 0 Å². The first-order valence-electron chi connectivity index (χ1n) is 5.60. The number of likely N-dealkylation sites (N-methyl/N-ethyl adjacent to an activating group) is 1. The van der Waals surface area contributed by atoms with E-state index >= 15 is 0 Å². The highest BCUT2D eigenvalue weighted by Crippen LogP contribution is 2.25. The van der Waals surface area contributed by atoms with Crippen LogP contribution in [0.15, 0.2) is 30.3 Å². The van der Waals surface area contributed by atoms with Crippen molar-refractivity contribution >= 4 is 0 Å². The third-order valence-electron chi connectivity index (χ3n) is 3.15. The van der Waals surface area contributed by atoms with Crippen molar-refractivity contribution in [3.63, 3.8) is 0 Å². The van der Waals surface area contributed by atoms with Crippen LogP contribution >= 0.6 is 0 Å². The van der Waals surface area contributed by atoms with Crippen LogP contribution in [0.5, 0.6) is 0 Å². The number of rotatable bonds is 1. The average Bonchev–Trinajstić information content (AvgIpc) is 2.44. The van der Waals surface area contributed by atoms with Crippen LogP contribution in [0.4, 0.5) is 0 Å². The summed E-state index contributed by atoms with van der Waals surface area (Å²) in [7, 11) is 2.24. The normalized spacial score (nSPS) is 24.5. The van der Waals surface area contributed by atoms with Gasteiger partial charge in [-0.3, -0.25) is 0 Å². The maximum Gasteiger partial charge on any atom is 0.00472 e. The van der Waals surface area contributed by atoms with Crippen molar-refractivity contribution in [1.82, 2.24) is 4.90 Å². The second-order valence-corrected chi connectivity index (χ2v) is 4.37. The van der Waals surface area contributed by atoms with Crippen LogP contribution in [0.3, 0.4) is 0 Å². The second-order valence-electron chi connectivity index (χ2n) is 4.37. The molecule has 0 N–H and O–H groups in total. The number of nitrogens with zero attached hydrogens (tertiary/aromatic N) is 1. The Kier molecular flexibility index (Phi) is 3.20. The molecule has 0 saturated carbocycles. The molecule has 0 aliphatic carbocycles. The molecule has 1 unspecified atom stereocenters. The first-order valence-corrected chi connectivity index (χ1v) is 5.60. The molecule has 1 aliphatic heterocycles. The lowest BCUT2D eigenvalue weighted by Gasteiger charge is -2.20. The van der Waals surface area contributed by atoms with Gasteiger partial charge in [0.2, 0.25) is 0 Å². The smallest absolute Gasteiger partial charge is 0.00472 e. The topological polar surface area (TPSA) is 3.24 Å². The molecular formula is C13H19N. The summed E-state index contributed by atoms with van der Waals surface area (Å²) in [6, 6.07) is 10.9. The number of likely N-dealkylation sites (tertiary alicyclic amines) is 1. The van der Waals surface area contributed by atoms with Crippen LogP contribution < -0.4 is 0 Å². The lowest BCUT2D eigenvalue weighted by atomic mass is 9.94. The van der Waals surface area contributed by atoms with Gasteiger partial charge in [0, 0.05) is 6.54 Å². The summed E-state index contributed by atoms with van der Waals surface area (Å²) in [5.74, 6) is 0.753. The van der Waals surface area contributed by atoms with Gasteiger partial charge in [0.1, 0.15) is 0 Å². The van der Waals surface area contributed by atoms with Crippen LogP contribution in [0.2, 0.25) is 0 Å². The van der Waals surface area contributed by atoms with Crippen molar-refractivity contribution in [1.29, 1.82) is 0 Å². The Morgan fingerprint density at radius 3 is 2.71 bits per heavy atom. The van der Waals surface area contributed by atoms with Gasteiger partial charge in [-0.05, 0) is 37.9 Å². The minimum Gasteiger partial charge on any atom is -0.306 e. The van der Waals surface area contributed by atoms with Gasteiger partial charge in [-0.1, -0.05) is 36.8 Å². The zero-order chi connectivity index (χ0) is 9.80. The van der Waals surface area contributed by atoms with Gasteiger partial charge in [0.05, 0.1) is 0 Å². The van der Waals surface area contributed by atoms with Crippen molar-refractivity contribution in [2.24, 2.45) is 0 Å². The lowest BCUT2D eigenvalue weighted by molar-refractivity contribution is 0.332. The summed E-state index contributed by atoms with van der Waals surface area (Å²) in [5.41, 5.74) is 1.52. The molecule has 1 heteroatoms. The minimum absolute atomic E-state index is 0.753. The molecule has 14 heavy (non-hydrogen) atoms. The van der Waals surface area contributed by atoms with Crippen molar-refractivity contribution < 1.29 is 0 Å². The molecule has 1 aromatic rings. The van der Waals surface area contributed by atoms with Crippen molar-refractivity contribution in [2.45, 2.75) is 25.2 Å². The molecule has 0 bridgehead atoms. The first kappa shape index (κ1) is 9.72. The van der Waals surface area contributed by atoms with Gasteiger partial charge in [-0.25, -0.2) is 0 Å². The lowest BCUT2D eigenvalue weighted by Crippen LogP contribution is -2.22. The third kappa shape index (κ3) is 2.36. The summed E-state index contributed by atoms with van der Waals surface area (Å²) in [4.78, 5) is 2.46. The predicted molar refractivity (Wildman–Crippen MR) is 60.5 cm³/mol. The summed E-state index contributed by atoms with van der Waals surface area (Å²) in [6.45, 7) is 2.49. The largest absolute Gasteiger partial charge is 0.306 e. The maximum absolute atomic E-state index is 2.46. The fourth-order valence-electron chi connectivity index (χ4n) is 2.33. The molecular weight excluding hydrogens is 170 g/mol. The van der Waals surface area contributed by atoms with Gasteiger partial charge >= 0.3 is 0 Å². The number of benzene rings is 1. The molecule has 0 amide bonds. The first-order chi connectivity index (χ1) is 6.86. The molecule has 0 radical (unpaired) electrons. The van der Waals surface area contributed by atoms with Crippen LogP contribution in [0.25, 0.3) is 0 Å². The molecule has 1 saturated heterocycles. The van der Waals surface area contributed by atoms with E-state index in [-0.39, 0.29) is 0 Å². The molecule has 1 atom stereocenters. The Morgan fingerprint density at radius 2 is 1.93 bits per heavy atom. The fourth-order valence-corrected chi connectivity index (χ4v) is 2.33. The van der Waals surface area contributed by atoms with E-state index in [0.29, 0.717) is 0 Å². The molecule has 2 rings (SSSR count). The van der Waals surface area contributed by atoms with Gasteiger partial charge in [0.15, 0.2) is 0 Å². The average molecular weight is 189 g/mol. The predicted octanol–water partition coefficient (Wildman–Crippen LogP) is 2.89. The van der Waals surface area contributed by atoms with Crippen LogP contribution in [-0.2, 0) is 0 Å². The Morgan fingerprint density at radius 1 is 1.14 bits per heavy atom. The monoisotopic (exact) mass is 189 g/mol. The molecule has 0 spiro atoms. The van der Waals surface area contributed by atoms with E-state index in [2.05, 4.69) is 42.3 Å². The van der Waals surface area contributed by atoms with Gasteiger partial charge in [-0.15, -0.1) is 0 Å². The Bertz CT molecular complexity index is 268. The van der Waals surface area contributed by atoms with E-state index in [1.54, 1.807) is 0 Å². The third-order valence-corrected chi connectivity index (χ3v) is 3.15. The highest BCUT2D eigenvalue weighted by Gasteiger charge is 2.16. The molecule has 1 aliphatic rings. The standard InChI is InChI=1S/C13H19N/c1-14-10-6-5-9-13(11-14)12-7-3-2-4-8-12/h2-4,7-8,13H,5-6,9-11H2,1H3. The Hall–Kier alpha value is -0.820. The van der Waals surface area contributed by atoms with Crippen molar-refractivity contribution in [3.05, 3.63) is 35.9 Å². The van der Waals surface area contributed by atoms with Crippen LogP contribution in [0.1, 0.15) is 30.7 Å². The quantitative estimate of drug-likeness (QED) is 0.656. The fraction of sp³-hybridized carbons (Fsp3) is 0.538. The van der Waals surface area contributed by atoms with Crippen LogP contribution in [-0.4, -0.2) is 25.0 Å². The number of hydrogen-bond acceptors (Lipinski definition) is 1. The second kappa shape index (κ2) is 4.61.